The summed E-state index contributed by atoms with van der Waals surface area (Å²) in [4.78, 5) is 12.3. The summed E-state index contributed by atoms with van der Waals surface area (Å²) in [5, 5.41) is 16.1. The molecule has 4 aromatic carbocycles. The number of hydrogen-bond donors (Lipinski definition) is 5. The van der Waals surface area contributed by atoms with E-state index in [1.807, 2.05) is 31.2 Å². The Hall–Kier alpha value is -7.12. The van der Waals surface area contributed by atoms with Crippen LogP contribution in [-0.4, -0.2) is 35.5 Å². The van der Waals surface area contributed by atoms with Crippen molar-refractivity contribution in [3.05, 3.63) is 148 Å². The molecular weight excluding hydrogens is 835 g/mol. The van der Waals surface area contributed by atoms with Gasteiger partial charge in [0, 0.05) is 24.3 Å². The van der Waals surface area contributed by atoms with Crippen LogP contribution < -0.4 is 22.9 Å². The molecule has 0 aliphatic rings. The first-order valence-corrected chi connectivity index (χ1v) is 22.9. The first kappa shape index (κ1) is 50.9. The molecule has 9 aromatic rings. The highest BCUT2D eigenvalue weighted by molar-refractivity contribution is 5.90. The number of nitrogens with two attached hydrogens (primary N) is 4. The van der Waals surface area contributed by atoms with E-state index in [2.05, 4.69) is 172 Å². The Morgan fingerprint density at radius 1 is 0.537 bits per heavy atom. The number of nitrogens with zero attached hydrogens (tertiary/aromatic N) is 6. The van der Waals surface area contributed by atoms with Gasteiger partial charge >= 0.3 is 0 Å². The Kier molecular flexibility index (Phi) is 17.7. The van der Waals surface area contributed by atoms with Crippen LogP contribution in [0.4, 0.5) is 17.5 Å². The fraction of sp³-hybridized carbons (Fsp3) is 0.333. The Balaban J connectivity index is 0.000000157. The molecule has 0 unspecified atom stereocenters. The quantitative estimate of drug-likeness (QED) is 0.101. The van der Waals surface area contributed by atoms with Crippen molar-refractivity contribution in [3.63, 3.8) is 0 Å². The van der Waals surface area contributed by atoms with E-state index in [1.54, 1.807) is 12.4 Å². The molecule has 9 N–H and O–H groups in total. The molecule has 0 amide bonds. The zero-order valence-electron chi connectivity index (χ0n) is 41.2. The number of aromatic amines is 1. The van der Waals surface area contributed by atoms with E-state index in [0.29, 0.717) is 64.7 Å². The Morgan fingerprint density at radius 2 is 1.10 bits per heavy atom. The zero-order chi connectivity index (χ0) is 48.9. The van der Waals surface area contributed by atoms with Crippen molar-refractivity contribution >= 4 is 50.4 Å². The van der Waals surface area contributed by atoms with Gasteiger partial charge in [0.1, 0.15) is 12.1 Å². The molecule has 0 aliphatic heterocycles. The third-order valence-electron chi connectivity index (χ3n) is 11.5. The summed E-state index contributed by atoms with van der Waals surface area (Å²) in [7, 11) is 0. The van der Waals surface area contributed by atoms with Crippen molar-refractivity contribution in [1.29, 1.82) is 0 Å². The second-order valence-corrected chi connectivity index (χ2v) is 18.3. The predicted molar refractivity (Wildman–Crippen MR) is 277 cm³/mol. The number of rotatable bonds is 7. The van der Waals surface area contributed by atoms with Gasteiger partial charge in [-0.3, -0.25) is 5.10 Å². The van der Waals surface area contributed by atoms with E-state index in [0.717, 1.165) is 38.7 Å². The number of hydrogen-bond acceptors (Lipinski definition) is 12. The fourth-order valence-electron chi connectivity index (χ4n) is 7.06. The van der Waals surface area contributed by atoms with Gasteiger partial charge in [0.25, 0.3) is 0 Å². The van der Waals surface area contributed by atoms with Crippen molar-refractivity contribution in [3.8, 4) is 11.3 Å². The molecule has 0 atom stereocenters. The number of benzene rings is 4. The summed E-state index contributed by atoms with van der Waals surface area (Å²) in [6.07, 6.45) is 5.08. The summed E-state index contributed by atoms with van der Waals surface area (Å²) in [5.41, 5.74) is 37.9. The van der Waals surface area contributed by atoms with Crippen molar-refractivity contribution in [2.75, 3.05) is 17.2 Å². The van der Waals surface area contributed by atoms with E-state index >= 15 is 0 Å². The molecule has 5 aromatic heterocycles. The molecule has 0 saturated heterocycles. The standard InChI is InChI=1S/C12H14N2.C11H13N3.C11H14N2O.C11H17N.C9H11N3O/c1-9(2)10-3-5-11(6-4-10)12-7-8-13-14-12;1-7(2)8-3-4-9-10(5-8)13-6-14-11(9)12;1-6(2)8-4-7(3)10-9(5-8)14-13-11(10)12;1-8(2)10-4-5-11(7-12)9(3)6-10;1-5(2)6-3-7-8(11-4-6)9(10)12-13-7/h3-9H,1-2H3,(H,13,14);3-7H,1-2H3,(H2,12,13,14);4-6H,1-3H3,(H2,12,13);4-6,8H,7,12H2,1-3H3;3-5H,1-2H3,(H2,10,12). The van der Waals surface area contributed by atoms with Gasteiger partial charge < -0.3 is 32.0 Å². The number of pyridine rings is 1. The number of H-pyrrole nitrogens is 1. The van der Waals surface area contributed by atoms with Crippen LogP contribution in [0.1, 0.15) is 143 Å². The van der Waals surface area contributed by atoms with E-state index in [4.69, 9.17) is 32.0 Å². The normalized spacial score (nSPS) is 11.1. The lowest BCUT2D eigenvalue weighted by Gasteiger charge is -2.08. The van der Waals surface area contributed by atoms with E-state index in [1.165, 1.54) is 45.3 Å². The van der Waals surface area contributed by atoms with Gasteiger partial charge in [0.2, 0.25) is 0 Å². The maximum Gasteiger partial charge on any atom is 0.193 e. The predicted octanol–water partition coefficient (Wildman–Crippen LogP) is 12.9. The molecule has 0 spiro atoms. The minimum absolute atomic E-state index is 0.352. The highest BCUT2D eigenvalue weighted by Gasteiger charge is 2.12. The molecule has 0 saturated carbocycles. The lowest BCUT2D eigenvalue weighted by atomic mass is 9.98. The van der Waals surface area contributed by atoms with Crippen LogP contribution in [0.15, 0.2) is 113 Å². The van der Waals surface area contributed by atoms with Crippen LogP contribution in [-0.2, 0) is 6.54 Å². The molecule has 13 heteroatoms. The van der Waals surface area contributed by atoms with E-state index in [-0.39, 0.29) is 0 Å². The molecule has 13 nitrogen and oxygen atoms in total. The molecule has 5 heterocycles. The molecule has 0 aliphatic carbocycles. The second-order valence-electron chi connectivity index (χ2n) is 18.3. The van der Waals surface area contributed by atoms with Crippen LogP contribution >= 0.6 is 0 Å². The highest BCUT2D eigenvalue weighted by atomic mass is 16.5. The Morgan fingerprint density at radius 3 is 1.70 bits per heavy atom. The fourth-order valence-corrected chi connectivity index (χ4v) is 7.06. The van der Waals surface area contributed by atoms with Gasteiger partial charge in [0.05, 0.1) is 16.6 Å². The molecule has 0 radical (unpaired) electrons. The number of nitrogens with one attached hydrogen (secondary N) is 1. The van der Waals surface area contributed by atoms with Crippen molar-refractivity contribution < 1.29 is 9.05 Å². The average Bonchev–Trinajstić information content (AvgIpc) is 4.08. The second kappa shape index (κ2) is 23.4. The molecule has 9 rings (SSSR count). The lowest BCUT2D eigenvalue weighted by molar-refractivity contribution is 0.460. The van der Waals surface area contributed by atoms with Gasteiger partial charge in [-0.25, -0.2) is 15.0 Å². The highest BCUT2D eigenvalue weighted by Crippen LogP contribution is 2.29. The summed E-state index contributed by atoms with van der Waals surface area (Å²) in [6.45, 7) is 26.4. The van der Waals surface area contributed by atoms with Crippen molar-refractivity contribution in [2.24, 2.45) is 5.73 Å². The van der Waals surface area contributed by atoms with Crippen LogP contribution in [0.25, 0.3) is 44.2 Å². The van der Waals surface area contributed by atoms with Gasteiger partial charge in [-0.1, -0.05) is 134 Å². The largest absolute Gasteiger partial charge is 0.383 e. The zero-order valence-corrected chi connectivity index (χ0v) is 41.2. The minimum Gasteiger partial charge on any atom is -0.383 e. The van der Waals surface area contributed by atoms with E-state index in [9.17, 15) is 0 Å². The number of nitrogen functional groups attached to an aromatic ring is 3. The van der Waals surface area contributed by atoms with Gasteiger partial charge in [-0.2, -0.15) is 5.10 Å². The van der Waals surface area contributed by atoms with Gasteiger partial charge in [-0.15, -0.1) is 0 Å². The first-order valence-electron chi connectivity index (χ1n) is 22.9. The van der Waals surface area contributed by atoms with Gasteiger partial charge in [0.15, 0.2) is 28.3 Å². The van der Waals surface area contributed by atoms with Crippen LogP contribution in [0.2, 0.25) is 0 Å². The number of anilines is 3. The Labute approximate surface area is 395 Å². The monoisotopic (exact) mass is 904 g/mol. The Bertz CT molecular complexity index is 2950. The maximum absolute atomic E-state index is 5.73. The first-order chi connectivity index (χ1) is 31.9. The number of aryl methyl sites for hydroxylation is 2. The third kappa shape index (κ3) is 13.5. The summed E-state index contributed by atoms with van der Waals surface area (Å²) < 4.78 is 10.1. The SMILES string of the molecule is CC(C)c1ccc(-c2ccn[nH]2)cc1.CC(C)c1ccc2c(N)ncnc2c1.CC(C)c1cnc2c(N)noc2c1.Cc1cc(C(C)C)cc2onc(N)c12.Cc1cc(C(C)C)ccc1CN. The van der Waals surface area contributed by atoms with Crippen molar-refractivity contribution in [1.82, 2.24) is 35.5 Å². The van der Waals surface area contributed by atoms with Gasteiger partial charge in [-0.05, 0) is 124 Å². The maximum atomic E-state index is 5.73. The third-order valence-corrected chi connectivity index (χ3v) is 11.5. The molecule has 352 valence electrons. The molecule has 0 bridgehead atoms. The molecule has 0 fully saturated rings. The summed E-state index contributed by atoms with van der Waals surface area (Å²) >= 11 is 0. The summed E-state index contributed by atoms with van der Waals surface area (Å²) in [6, 6.07) is 29.3. The average molecular weight is 904 g/mol. The number of aromatic nitrogens is 7. The smallest absolute Gasteiger partial charge is 0.193 e. The topological polar surface area (TPSA) is 223 Å². The van der Waals surface area contributed by atoms with Crippen LogP contribution in [0, 0.1) is 13.8 Å². The molecular formula is C54H69N11O2. The lowest BCUT2D eigenvalue weighted by Crippen LogP contribution is -2.00. The van der Waals surface area contributed by atoms with Crippen molar-refractivity contribution in [2.45, 2.75) is 119 Å². The van der Waals surface area contributed by atoms with Crippen LogP contribution in [0.5, 0.6) is 0 Å². The van der Waals surface area contributed by atoms with Crippen LogP contribution in [0.3, 0.4) is 0 Å². The molecule has 67 heavy (non-hydrogen) atoms. The minimum atomic E-state index is 0.352. The van der Waals surface area contributed by atoms with E-state index < -0.39 is 0 Å². The summed E-state index contributed by atoms with van der Waals surface area (Å²) in [5.74, 6) is 4.01. The number of fused-ring (bicyclic) bond motifs is 3.